The summed E-state index contributed by atoms with van der Waals surface area (Å²) in [5, 5.41) is 0. The number of carbonyl (C=O) groups excluding carboxylic acids is 2. The van der Waals surface area contributed by atoms with Gasteiger partial charge < -0.3 is 4.74 Å². The smallest absolute Gasteiger partial charge is 0.229 e. The van der Waals surface area contributed by atoms with Gasteiger partial charge in [-0.05, 0) is 36.6 Å². The Morgan fingerprint density at radius 1 is 1.21 bits per heavy atom. The van der Waals surface area contributed by atoms with Crippen molar-refractivity contribution in [1.82, 2.24) is 4.90 Å². The van der Waals surface area contributed by atoms with Gasteiger partial charge in [0.1, 0.15) is 5.75 Å². The minimum absolute atomic E-state index is 0.0859. The van der Waals surface area contributed by atoms with Crippen LogP contribution in [0.3, 0.4) is 0 Å². The fraction of sp³-hybridized carbons (Fsp3) is 0.429. The Morgan fingerprint density at radius 3 is 2.42 bits per heavy atom. The Balaban J connectivity index is 2.23. The predicted octanol–water partition coefficient (Wildman–Crippen LogP) is 2.89. The van der Waals surface area contributed by atoms with Gasteiger partial charge in [-0.2, -0.15) is 0 Å². The van der Waals surface area contributed by atoms with Gasteiger partial charge in [0, 0.05) is 17.3 Å². The average Bonchev–Trinajstić information content (AvgIpc) is 2.56. The molecule has 0 aromatic heterocycles. The van der Waals surface area contributed by atoms with Crippen molar-refractivity contribution in [2.24, 2.45) is 0 Å². The van der Waals surface area contributed by atoms with Crippen LogP contribution in [0.5, 0.6) is 5.75 Å². The van der Waals surface area contributed by atoms with Crippen molar-refractivity contribution in [3.63, 3.8) is 0 Å². The van der Waals surface area contributed by atoms with Crippen LogP contribution in [0.15, 0.2) is 22.7 Å². The lowest BCUT2D eigenvalue weighted by atomic mass is 10.2. The van der Waals surface area contributed by atoms with Crippen LogP contribution in [0.2, 0.25) is 0 Å². The normalized spacial score (nSPS) is 16.4. The third-order valence-electron chi connectivity index (χ3n) is 3.21. The van der Waals surface area contributed by atoms with E-state index in [1.807, 2.05) is 18.2 Å². The minimum atomic E-state index is -0.0859. The van der Waals surface area contributed by atoms with Gasteiger partial charge in [-0.15, -0.1) is 0 Å². The second-order valence-corrected chi connectivity index (χ2v) is 5.39. The highest BCUT2D eigenvalue weighted by Gasteiger charge is 2.24. The second-order valence-electron chi connectivity index (χ2n) is 4.54. The molecule has 1 saturated heterocycles. The standard InChI is InChI=1S/C14H16BrNO3/c1-19-11-6-7-12(15)10(8-11)9-16-13(17)4-2-3-5-14(16)18/h6-8H,2-5,9H2,1H3. The molecule has 0 radical (unpaired) electrons. The summed E-state index contributed by atoms with van der Waals surface area (Å²) in [6.45, 7) is 0.301. The Morgan fingerprint density at radius 2 is 1.84 bits per heavy atom. The summed E-state index contributed by atoms with van der Waals surface area (Å²) in [6.07, 6.45) is 2.49. The van der Waals surface area contributed by atoms with Crippen molar-refractivity contribution in [1.29, 1.82) is 0 Å². The number of imide groups is 1. The largest absolute Gasteiger partial charge is 0.497 e. The first-order chi connectivity index (χ1) is 9.11. The minimum Gasteiger partial charge on any atom is -0.497 e. The van der Waals surface area contributed by atoms with E-state index in [0.29, 0.717) is 25.1 Å². The summed E-state index contributed by atoms with van der Waals surface area (Å²) in [7, 11) is 1.59. The van der Waals surface area contributed by atoms with Crippen LogP contribution in [-0.4, -0.2) is 23.8 Å². The maximum Gasteiger partial charge on any atom is 0.229 e. The number of amides is 2. The van der Waals surface area contributed by atoms with E-state index >= 15 is 0 Å². The van der Waals surface area contributed by atoms with Gasteiger partial charge in [-0.1, -0.05) is 15.9 Å². The molecule has 5 heteroatoms. The summed E-state index contributed by atoms with van der Waals surface area (Å²) >= 11 is 3.44. The Bertz CT molecular complexity index is 483. The van der Waals surface area contributed by atoms with Gasteiger partial charge in [0.2, 0.25) is 11.8 Å². The molecule has 1 aliphatic heterocycles. The molecule has 102 valence electrons. The third-order valence-corrected chi connectivity index (χ3v) is 3.99. The number of hydrogen-bond acceptors (Lipinski definition) is 3. The monoisotopic (exact) mass is 325 g/mol. The second kappa shape index (κ2) is 6.19. The highest BCUT2D eigenvalue weighted by atomic mass is 79.9. The lowest BCUT2D eigenvalue weighted by Crippen LogP contribution is -2.34. The molecule has 1 aromatic rings. The number of benzene rings is 1. The van der Waals surface area contributed by atoms with Gasteiger partial charge in [-0.25, -0.2) is 0 Å². The van der Waals surface area contributed by atoms with Gasteiger partial charge >= 0.3 is 0 Å². The molecule has 0 bridgehead atoms. The lowest BCUT2D eigenvalue weighted by molar-refractivity contribution is -0.144. The molecule has 1 aromatic carbocycles. The third kappa shape index (κ3) is 3.35. The van der Waals surface area contributed by atoms with E-state index in [1.54, 1.807) is 7.11 Å². The summed E-state index contributed by atoms with van der Waals surface area (Å²) in [4.78, 5) is 25.3. The molecule has 0 aliphatic carbocycles. The molecule has 0 spiro atoms. The van der Waals surface area contributed by atoms with Gasteiger partial charge in [0.05, 0.1) is 13.7 Å². The summed E-state index contributed by atoms with van der Waals surface area (Å²) in [5.74, 6) is 0.544. The van der Waals surface area contributed by atoms with Crippen LogP contribution in [0.1, 0.15) is 31.2 Å². The molecule has 0 atom stereocenters. The molecule has 1 aliphatic rings. The quantitative estimate of drug-likeness (QED) is 0.803. The molecule has 2 rings (SSSR count). The first kappa shape index (κ1) is 14.1. The van der Waals surface area contributed by atoms with E-state index < -0.39 is 0 Å². The SMILES string of the molecule is COc1ccc(Br)c(CN2C(=O)CCCCC2=O)c1. The highest BCUT2D eigenvalue weighted by Crippen LogP contribution is 2.25. The topological polar surface area (TPSA) is 46.6 Å². The van der Waals surface area contributed by atoms with Crippen molar-refractivity contribution in [2.45, 2.75) is 32.2 Å². The molecule has 4 nitrogen and oxygen atoms in total. The number of rotatable bonds is 3. The molecule has 1 fully saturated rings. The van der Waals surface area contributed by atoms with Crippen LogP contribution >= 0.6 is 15.9 Å². The zero-order valence-corrected chi connectivity index (χ0v) is 12.4. The summed E-state index contributed by atoms with van der Waals surface area (Å²) < 4.78 is 6.04. The fourth-order valence-corrected chi connectivity index (χ4v) is 2.48. The van der Waals surface area contributed by atoms with Crippen LogP contribution in [-0.2, 0) is 16.1 Å². The highest BCUT2D eigenvalue weighted by molar-refractivity contribution is 9.10. The van der Waals surface area contributed by atoms with E-state index in [2.05, 4.69) is 15.9 Å². The molecule has 0 saturated carbocycles. The Kier molecular flexibility index (Phi) is 4.58. The average molecular weight is 326 g/mol. The zero-order valence-electron chi connectivity index (χ0n) is 10.8. The van der Waals surface area contributed by atoms with Gasteiger partial charge in [0.25, 0.3) is 0 Å². The molecular weight excluding hydrogens is 310 g/mol. The van der Waals surface area contributed by atoms with Crippen LogP contribution in [0, 0.1) is 0 Å². The number of ether oxygens (including phenoxy) is 1. The Hall–Kier alpha value is -1.36. The Labute approximate surface area is 120 Å². The molecule has 0 N–H and O–H groups in total. The fourth-order valence-electron chi connectivity index (χ4n) is 2.11. The van der Waals surface area contributed by atoms with Crippen LogP contribution < -0.4 is 4.74 Å². The van der Waals surface area contributed by atoms with Gasteiger partial charge in [0.15, 0.2) is 0 Å². The van der Waals surface area contributed by atoms with E-state index in [9.17, 15) is 9.59 Å². The number of halogens is 1. The predicted molar refractivity (Wildman–Crippen MR) is 74.7 cm³/mol. The number of methoxy groups -OCH3 is 1. The van der Waals surface area contributed by atoms with E-state index in [4.69, 9.17) is 4.74 Å². The molecular formula is C14H16BrNO3. The maximum atomic E-state index is 12.0. The van der Waals surface area contributed by atoms with Crippen molar-refractivity contribution in [2.75, 3.05) is 7.11 Å². The van der Waals surface area contributed by atoms with Crippen LogP contribution in [0.4, 0.5) is 0 Å². The van der Waals surface area contributed by atoms with Crippen molar-refractivity contribution < 1.29 is 14.3 Å². The van der Waals surface area contributed by atoms with Crippen molar-refractivity contribution in [3.05, 3.63) is 28.2 Å². The lowest BCUT2D eigenvalue weighted by Gasteiger charge is -2.19. The number of carbonyl (C=O) groups is 2. The van der Waals surface area contributed by atoms with E-state index in [1.165, 1.54) is 4.90 Å². The summed E-state index contributed by atoms with van der Waals surface area (Å²) in [5.41, 5.74) is 0.878. The molecule has 1 heterocycles. The molecule has 19 heavy (non-hydrogen) atoms. The first-order valence-electron chi connectivity index (χ1n) is 6.27. The van der Waals surface area contributed by atoms with Crippen molar-refractivity contribution >= 4 is 27.7 Å². The number of hydrogen-bond donors (Lipinski definition) is 0. The van der Waals surface area contributed by atoms with Gasteiger partial charge in [-0.3, -0.25) is 14.5 Å². The zero-order chi connectivity index (χ0) is 13.8. The number of nitrogens with zero attached hydrogens (tertiary/aromatic N) is 1. The summed E-state index contributed by atoms with van der Waals surface area (Å²) in [6, 6.07) is 5.54. The first-order valence-corrected chi connectivity index (χ1v) is 7.06. The maximum absolute atomic E-state index is 12.0. The molecule has 0 unspecified atom stereocenters. The van der Waals surface area contributed by atoms with Crippen LogP contribution in [0.25, 0.3) is 0 Å². The van der Waals surface area contributed by atoms with E-state index in [0.717, 1.165) is 22.9 Å². The van der Waals surface area contributed by atoms with Crippen molar-refractivity contribution in [3.8, 4) is 5.75 Å². The molecule has 2 amide bonds. The van der Waals surface area contributed by atoms with E-state index in [-0.39, 0.29) is 11.8 Å². The number of likely N-dealkylation sites (tertiary alicyclic amines) is 1.